The molecule has 0 saturated heterocycles. The number of aromatic amines is 1. The first kappa shape index (κ1) is 25.5. The van der Waals surface area contributed by atoms with Gasteiger partial charge in [-0.2, -0.15) is 0 Å². The maximum atomic E-state index is 10.6. The third-order valence-corrected chi connectivity index (χ3v) is 6.18. The molecule has 4 rings (SSSR count). The normalized spacial score (nSPS) is 15.1. The van der Waals surface area contributed by atoms with E-state index in [-0.39, 0.29) is 24.0 Å². The molecule has 1 aromatic heterocycles. The number of halogens is 1. The number of benzene rings is 2. The largest absolute Gasteiger partial charge is 0.390 e. The van der Waals surface area contributed by atoms with E-state index in [9.17, 15) is 5.11 Å². The lowest BCUT2D eigenvalue weighted by molar-refractivity contribution is 0.111. The minimum atomic E-state index is -0.480. The summed E-state index contributed by atoms with van der Waals surface area (Å²) in [7, 11) is 0. The van der Waals surface area contributed by atoms with Gasteiger partial charge in [-0.25, -0.2) is 0 Å². The number of β-amino-alcohol motifs (C(OH)–C–C–N with tert-alkyl or cyclic N) is 1. The summed E-state index contributed by atoms with van der Waals surface area (Å²) >= 11 is 0. The van der Waals surface area contributed by atoms with Crippen molar-refractivity contribution >= 4 is 40.8 Å². The molecule has 0 bridgehead atoms. The van der Waals surface area contributed by atoms with E-state index in [1.165, 1.54) is 33.3 Å². The number of H-pyrrole nitrogens is 1. The summed E-state index contributed by atoms with van der Waals surface area (Å²) in [4.78, 5) is 10.4. The van der Waals surface area contributed by atoms with Crippen molar-refractivity contribution in [3.05, 3.63) is 70.9 Å². The molecule has 0 radical (unpaired) electrons. The number of hydrogen-bond acceptors (Lipinski definition) is 3. The fraction of sp³-hybridized carbons (Fsp3) is 0.423. The number of aliphatic imine (C=N–C) groups is 1. The Bertz CT molecular complexity index is 1060. The van der Waals surface area contributed by atoms with Crippen LogP contribution in [-0.2, 0) is 19.4 Å². The van der Waals surface area contributed by atoms with Crippen LogP contribution in [0.2, 0.25) is 0 Å². The van der Waals surface area contributed by atoms with Gasteiger partial charge in [0.2, 0.25) is 0 Å². The SMILES string of the molecule is CCNC(=NCC(O)CN1CCc2ccccc2C1)NCCc1c(C)[nH]c2ccccc12.I. The molecule has 1 unspecified atom stereocenters. The molecule has 0 amide bonds. The molecule has 3 aromatic rings. The molecule has 33 heavy (non-hydrogen) atoms. The monoisotopic (exact) mass is 561 g/mol. The van der Waals surface area contributed by atoms with Gasteiger partial charge >= 0.3 is 0 Å². The van der Waals surface area contributed by atoms with Crippen LogP contribution in [-0.4, -0.2) is 59.8 Å². The summed E-state index contributed by atoms with van der Waals surface area (Å²) in [5, 5.41) is 18.6. The number of aliphatic hydroxyl groups excluding tert-OH is 1. The summed E-state index contributed by atoms with van der Waals surface area (Å²) in [5.74, 6) is 0.757. The molecule has 0 saturated carbocycles. The Hall–Kier alpha value is -2.10. The number of aliphatic hydroxyl groups is 1. The maximum Gasteiger partial charge on any atom is 0.191 e. The maximum absolute atomic E-state index is 10.6. The van der Waals surface area contributed by atoms with Crippen molar-refractivity contribution in [1.29, 1.82) is 0 Å². The minimum Gasteiger partial charge on any atom is -0.390 e. The topological polar surface area (TPSA) is 75.7 Å². The number of fused-ring (bicyclic) bond motifs is 2. The highest BCUT2D eigenvalue weighted by molar-refractivity contribution is 14.0. The Morgan fingerprint density at radius 2 is 1.88 bits per heavy atom. The van der Waals surface area contributed by atoms with Crippen LogP contribution in [0.3, 0.4) is 0 Å². The van der Waals surface area contributed by atoms with E-state index in [2.05, 4.69) is 87.9 Å². The van der Waals surface area contributed by atoms with Gasteiger partial charge in [-0.15, -0.1) is 24.0 Å². The molecule has 1 atom stereocenters. The van der Waals surface area contributed by atoms with E-state index in [0.717, 1.165) is 45.0 Å². The number of aromatic nitrogens is 1. The van der Waals surface area contributed by atoms with E-state index < -0.39 is 6.10 Å². The second-order valence-electron chi connectivity index (χ2n) is 8.58. The molecule has 7 heteroatoms. The summed E-state index contributed by atoms with van der Waals surface area (Å²) in [6.07, 6.45) is 1.48. The fourth-order valence-electron chi connectivity index (χ4n) is 4.57. The molecule has 1 aliphatic heterocycles. The van der Waals surface area contributed by atoms with Crippen LogP contribution in [0.1, 0.15) is 29.3 Å². The van der Waals surface area contributed by atoms with Gasteiger partial charge in [0, 0.05) is 49.3 Å². The second kappa shape index (κ2) is 12.4. The smallest absolute Gasteiger partial charge is 0.191 e. The van der Waals surface area contributed by atoms with Crippen LogP contribution in [0.15, 0.2) is 53.5 Å². The zero-order valence-corrected chi connectivity index (χ0v) is 21.9. The molecule has 0 fully saturated rings. The number of para-hydroxylation sites is 1. The highest BCUT2D eigenvalue weighted by atomic mass is 127. The number of guanidine groups is 1. The average molecular weight is 562 g/mol. The summed E-state index contributed by atoms with van der Waals surface area (Å²) in [6.45, 7) is 8.68. The predicted molar refractivity (Wildman–Crippen MR) is 148 cm³/mol. The number of rotatable bonds is 8. The van der Waals surface area contributed by atoms with Crippen molar-refractivity contribution in [3.8, 4) is 0 Å². The summed E-state index contributed by atoms with van der Waals surface area (Å²) in [6, 6.07) is 17.0. The van der Waals surface area contributed by atoms with Crippen molar-refractivity contribution in [1.82, 2.24) is 20.5 Å². The van der Waals surface area contributed by atoms with Crippen molar-refractivity contribution in [2.24, 2.45) is 4.99 Å². The minimum absolute atomic E-state index is 0. The lowest BCUT2D eigenvalue weighted by Crippen LogP contribution is -2.40. The van der Waals surface area contributed by atoms with Crippen LogP contribution >= 0.6 is 24.0 Å². The molecular formula is C26H36IN5O. The van der Waals surface area contributed by atoms with Gasteiger partial charge in [0.05, 0.1) is 12.6 Å². The van der Waals surface area contributed by atoms with Gasteiger partial charge in [0.1, 0.15) is 0 Å². The lowest BCUT2D eigenvalue weighted by Gasteiger charge is -2.30. The molecule has 0 aliphatic carbocycles. The third kappa shape index (κ3) is 6.71. The van der Waals surface area contributed by atoms with Crippen LogP contribution in [0.25, 0.3) is 10.9 Å². The lowest BCUT2D eigenvalue weighted by atomic mass is 10.00. The number of nitrogens with one attached hydrogen (secondary N) is 3. The Kier molecular flexibility index (Phi) is 9.58. The van der Waals surface area contributed by atoms with Crippen molar-refractivity contribution < 1.29 is 5.11 Å². The number of nitrogens with zero attached hydrogens (tertiary/aromatic N) is 2. The average Bonchev–Trinajstić information content (AvgIpc) is 3.12. The van der Waals surface area contributed by atoms with E-state index >= 15 is 0 Å². The summed E-state index contributed by atoms with van der Waals surface area (Å²) < 4.78 is 0. The van der Waals surface area contributed by atoms with E-state index in [0.29, 0.717) is 13.1 Å². The molecule has 2 aromatic carbocycles. The van der Waals surface area contributed by atoms with Crippen LogP contribution in [0, 0.1) is 6.92 Å². The van der Waals surface area contributed by atoms with E-state index in [1.54, 1.807) is 0 Å². The van der Waals surface area contributed by atoms with Crippen LogP contribution < -0.4 is 10.6 Å². The zero-order chi connectivity index (χ0) is 22.3. The van der Waals surface area contributed by atoms with Gasteiger partial charge in [0.15, 0.2) is 5.96 Å². The van der Waals surface area contributed by atoms with Crippen molar-refractivity contribution in [2.75, 3.05) is 32.7 Å². The molecule has 6 nitrogen and oxygen atoms in total. The highest BCUT2D eigenvalue weighted by Crippen LogP contribution is 2.22. The Morgan fingerprint density at radius 3 is 2.70 bits per heavy atom. The Balaban J connectivity index is 0.00000306. The first-order chi connectivity index (χ1) is 15.6. The van der Waals surface area contributed by atoms with Crippen LogP contribution in [0.4, 0.5) is 0 Å². The molecule has 2 heterocycles. The predicted octanol–water partition coefficient (Wildman–Crippen LogP) is 3.61. The van der Waals surface area contributed by atoms with E-state index in [4.69, 9.17) is 0 Å². The molecule has 178 valence electrons. The van der Waals surface area contributed by atoms with Crippen molar-refractivity contribution in [2.45, 2.75) is 39.3 Å². The summed E-state index contributed by atoms with van der Waals surface area (Å²) in [5.41, 5.74) is 6.55. The standard InChI is InChI=1S/C26H35N5O.HI/c1-3-27-26(28-14-12-23-19(2)30-25-11-7-6-10-24(23)25)29-16-22(32)18-31-15-13-20-8-4-5-9-21(20)17-31;/h4-11,22,30,32H,3,12-18H2,1-2H3,(H2,27,28,29);1H. The molecule has 0 spiro atoms. The van der Waals surface area contributed by atoms with Crippen molar-refractivity contribution in [3.63, 3.8) is 0 Å². The third-order valence-electron chi connectivity index (χ3n) is 6.18. The fourth-order valence-corrected chi connectivity index (χ4v) is 4.57. The first-order valence-corrected chi connectivity index (χ1v) is 11.7. The van der Waals surface area contributed by atoms with Gasteiger partial charge in [-0.3, -0.25) is 9.89 Å². The zero-order valence-electron chi connectivity index (χ0n) is 19.6. The van der Waals surface area contributed by atoms with Gasteiger partial charge in [-0.1, -0.05) is 42.5 Å². The number of aryl methyl sites for hydroxylation is 1. The Labute approximate surface area is 213 Å². The second-order valence-corrected chi connectivity index (χ2v) is 8.58. The van der Waals surface area contributed by atoms with Gasteiger partial charge in [-0.05, 0) is 49.4 Å². The molecule has 1 aliphatic rings. The first-order valence-electron chi connectivity index (χ1n) is 11.7. The van der Waals surface area contributed by atoms with E-state index in [1.807, 2.05) is 0 Å². The quantitative estimate of drug-likeness (QED) is 0.193. The Morgan fingerprint density at radius 1 is 1.12 bits per heavy atom. The highest BCUT2D eigenvalue weighted by Gasteiger charge is 2.18. The molecular weight excluding hydrogens is 525 g/mol. The van der Waals surface area contributed by atoms with Gasteiger partial charge in [0.25, 0.3) is 0 Å². The van der Waals surface area contributed by atoms with Gasteiger partial charge < -0.3 is 20.7 Å². The number of hydrogen-bond donors (Lipinski definition) is 4. The van der Waals surface area contributed by atoms with Crippen LogP contribution in [0.5, 0.6) is 0 Å². The molecule has 4 N–H and O–H groups in total.